The molecule has 4 nitrogen and oxygen atoms in total. The van der Waals surface area contributed by atoms with E-state index in [9.17, 15) is 0 Å². The van der Waals surface area contributed by atoms with E-state index in [2.05, 4.69) is 79.6 Å². The molecule has 0 aliphatic carbocycles. The molecule has 0 saturated carbocycles. The number of thiophene rings is 2. The van der Waals surface area contributed by atoms with Crippen LogP contribution in [0.2, 0.25) is 0 Å². The quantitative estimate of drug-likeness (QED) is 0.164. The summed E-state index contributed by atoms with van der Waals surface area (Å²) in [5, 5.41) is 5.09. The van der Waals surface area contributed by atoms with Gasteiger partial charge in [-0.3, -0.25) is 4.98 Å². The van der Waals surface area contributed by atoms with E-state index in [1.54, 1.807) is 22.7 Å². The maximum Gasteiger partial charge on any atom is 0.107 e. The van der Waals surface area contributed by atoms with Crippen LogP contribution in [-0.2, 0) is 26.5 Å². The van der Waals surface area contributed by atoms with Gasteiger partial charge in [0.25, 0.3) is 0 Å². The predicted molar refractivity (Wildman–Crippen MR) is 168 cm³/mol. The second-order valence-electron chi connectivity index (χ2n) is 10.7. The van der Waals surface area contributed by atoms with Crippen molar-refractivity contribution in [3.63, 3.8) is 0 Å². The van der Waals surface area contributed by atoms with E-state index < -0.39 is 0 Å². The molecule has 7 rings (SSSR count). The number of hydrogen-bond donors (Lipinski definition) is 0. The molecule has 0 spiro atoms. The topological polar surface area (TPSA) is 28.6 Å². The summed E-state index contributed by atoms with van der Waals surface area (Å²) < 4.78 is 8.73. The second-order valence-corrected chi connectivity index (χ2v) is 12.7. The molecule has 0 atom stereocenters. The van der Waals surface area contributed by atoms with Crippen molar-refractivity contribution in [1.82, 2.24) is 4.98 Å². The van der Waals surface area contributed by atoms with Gasteiger partial charge >= 0.3 is 0 Å². The van der Waals surface area contributed by atoms with Gasteiger partial charge in [0.1, 0.15) is 5.06 Å². The molecule has 4 heterocycles. The summed E-state index contributed by atoms with van der Waals surface area (Å²) >= 11 is 3.35. The number of para-hydroxylation sites is 1. The summed E-state index contributed by atoms with van der Waals surface area (Å²) in [5.41, 5.74) is 5.38. The van der Waals surface area contributed by atoms with E-state index in [0.29, 0.717) is 10.8 Å². The first kappa shape index (κ1) is 27.7. The molecule has 3 aromatic heterocycles. The van der Waals surface area contributed by atoms with Gasteiger partial charge in [0.05, 0.1) is 0 Å². The molecular weight excluding hydrogens is 726 g/mol. The van der Waals surface area contributed by atoms with Gasteiger partial charge in [0, 0.05) is 49.1 Å². The fourth-order valence-corrected chi connectivity index (χ4v) is 6.69. The maximum atomic E-state index is 6.36. The van der Waals surface area contributed by atoms with E-state index in [-0.39, 0.29) is 26.5 Å². The molecule has 0 amide bonds. The summed E-state index contributed by atoms with van der Waals surface area (Å²) in [6.07, 6.45) is 5.97. The minimum Gasteiger partial charge on any atom is -0.500 e. The van der Waals surface area contributed by atoms with Crippen molar-refractivity contribution < 1.29 is 25.8 Å². The Morgan fingerprint density at radius 1 is 0.878 bits per heavy atom. The Morgan fingerprint density at radius 2 is 1.71 bits per heavy atom. The van der Waals surface area contributed by atoms with E-state index in [4.69, 9.17) is 9.72 Å². The van der Waals surface area contributed by atoms with E-state index in [1.807, 2.05) is 66.6 Å². The normalized spacial score (nSPS) is 13.2. The predicted octanol–water partition coefficient (Wildman–Crippen LogP) is 9.78. The van der Waals surface area contributed by atoms with Crippen LogP contribution < -0.4 is 14.5 Å². The molecule has 208 valence electrons. The molecule has 0 bridgehead atoms. The number of fused-ring (bicyclic) bond motifs is 2. The third-order valence-corrected chi connectivity index (χ3v) is 8.74. The standard InChI is InChI=1S/C34H26N3OS2.Pt/c1-34(2,3)23-12-14-35-29(18-23)33-27-13-17-39-30(27)21-31-28(33)20-32(40-31)38-26-11-7-10-25(19-26)37-16-15-36(22-37)24-8-5-4-6-9-24;/h4-18,21-22H,1-3H3;/q-3;. The summed E-state index contributed by atoms with van der Waals surface area (Å²) in [6, 6.07) is 31.9. The van der Waals surface area contributed by atoms with Gasteiger partial charge in [0.2, 0.25) is 0 Å². The molecule has 0 saturated heterocycles. The average molecular weight is 752 g/mol. The first-order chi connectivity index (χ1) is 19.4. The number of hydrogen-bond acceptors (Lipinski definition) is 6. The fourth-order valence-electron chi connectivity index (χ4n) is 4.86. The van der Waals surface area contributed by atoms with E-state index in [0.717, 1.165) is 32.7 Å². The average Bonchev–Trinajstić information content (AvgIpc) is 3.72. The van der Waals surface area contributed by atoms with Crippen LogP contribution in [0.1, 0.15) is 26.3 Å². The molecule has 6 aromatic rings. The number of aromatic nitrogens is 1. The van der Waals surface area contributed by atoms with Crippen LogP contribution in [0.25, 0.3) is 31.4 Å². The van der Waals surface area contributed by atoms with E-state index >= 15 is 0 Å². The summed E-state index contributed by atoms with van der Waals surface area (Å²) in [4.78, 5) is 8.92. The molecule has 1 aliphatic rings. The van der Waals surface area contributed by atoms with Gasteiger partial charge < -0.3 is 14.5 Å². The van der Waals surface area contributed by atoms with Crippen LogP contribution >= 0.6 is 22.7 Å². The van der Waals surface area contributed by atoms with Crippen molar-refractivity contribution in [2.75, 3.05) is 9.80 Å². The largest absolute Gasteiger partial charge is 0.500 e. The number of benzene rings is 3. The molecule has 3 aromatic carbocycles. The van der Waals surface area contributed by atoms with Crippen LogP contribution in [0.4, 0.5) is 11.4 Å². The minimum atomic E-state index is 0. The number of rotatable bonds is 5. The van der Waals surface area contributed by atoms with Crippen molar-refractivity contribution in [3.8, 4) is 22.1 Å². The van der Waals surface area contributed by atoms with Crippen LogP contribution in [0.3, 0.4) is 0 Å². The molecule has 7 heteroatoms. The minimum absolute atomic E-state index is 0. The molecule has 1 aliphatic heterocycles. The van der Waals surface area contributed by atoms with Gasteiger partial charge in [-0.1, -0.05) is 66.8 Å². The van der Waals surface area contributed by atoms with Gasteiger partial charge in [-0.2, -0.15) is 22.8 Å². The number of pyridine rings is 1. The smallest absolute Gasteiger partial charge is 0.107 e. The van der Waals surface area contributed by atoms with Crippen molar-refractivity contribution in [2.45, 2.75) is 26.2 Å². The number of ether oxygens (including phenoxy) is 1. The van der Waals surface area contributed by atoms with Crippen LogP contribution in [-0.4, -0.2) is 4.98 Å². The van der Waals surface area contributed by atoms with Crippen LogP contribution in [0.15, 0.2) is 96.8 Å². The Hall–Kier alpha value is -3.44. The maximum absolute atomic E-state index is 6.36. The Bertz CT molecular complexity index is 1870. The summed E-state index contributed by atoms with van der Waals surface area (Å²) in [7, 11) is 0. The van der Waals surface area contributed by atoms with Crippen molar-refractivity contribution in [3.05, 3.63) is 121 Å². The van der Waals surface area contributed by atoms with Crippen molar-refractivity contribution in [2.24, 2.45) is 0 Å². The zero-order chi connectivity index (χ0) is 27.3. The third kappa shape index (κ3) is 5.44. The second kappa shape index (κ2) is 11.1. The molecule has 41 heavy (non-hydrogen) atoms. The molecule has 0 N–H and O–H groups in total. The van der Waals surface area contributed by atoms with Gasteiger partial charge in [-0.25, -0.2) is 0 Å². The van der Waals surface area contributed by atoms with Gasteiger partial charge in [0.15, 0.2) is 0 Å². The Labute approximate surface area is 262 Å². The van der Waals surface area contributed by atoms with Crippen LogP contribution in [0.5, 0.6) is 10.8 Å². The van der Waals surface area contributed by atoms with E-state index in [1.165, 1.54) is 15.6 Å². The number of anilines is 2. The van der Waals surface area contributed by atoms with Crippen molar-refractivity contribution in [1.29, 1.82) is 0 Å². The molecule has 0 fully saturated rings. The van der Waals surface area contributed by atoms with Crippen molar-refractivity contribution >= 4 is 54.2 Å². The molecule has 0 unspecified atom stereocenters. The molecule has 0 radical (unpaired) electrons. The van der Waals surface area contributed by atoms with Gasteiger partial charge in [-0.15, -0.1) is 48.0 Å². The SMILES string of the molecule is CC(C)(C)c1ccnc(-c2c3[c-]c(Oc4[c-]c(N5C=CN(c6ccccc6)[CH-]5)ccc4)sc3cc3sccc23)c1.[Pt]. The summed E-state index contributed by atoms with van der Waals surface area (Å²) in [6.45, 7) is 8.73. The Kier molecular flexibility index (Phi) is 7.50. The number of nitrogens with zero attached hydrogens (tertiary/aromatic N) is 3. The Morgan fingerprint density at radius 3 is 2.54 bits per heavy atom. The summed E-state index contributed by atoms with van der Waals surface area (Å²) in [5.74, 6) is 0.650. The first-order valence-corrected chi connectivity index (χ1v) is 14.8. The third-order valence-electron chi connectivity index (χ3n) is 6.96. The molecular formula is C34H26N3OPtS2-3. The Balaban J connectivity index is 0.00000302. The monoisotopic (exact) mass is 751 g/mol. The first-order valence-electron chi connectivity index (χ1n) is 13.1. The fraction of sp³-hybridized carbons (Fsp3) is 0.118. The van der Waals surface area contributed by atoms with Crippen LogP contribution in [0, 0.1) is 18.8 Å². The zero-order valence-electron chi connectivity index (χ0n) is 22.7. The zero-order valence-corrected chi connectivity index (χ0v) is 26.6. The van der Waals surface area contributed by atoms with Gasteiger partial charge in [-0.05, 0) is 53.0 Å².